The summed E-state index contributed by atoms with van der Waals surface area (Å²) in [6.45, 7) is 3.54. The number of nitrogens with two attached hydrogens (primary N) is 1. The summed E-state index contributed by atoms with van der Waals surface area (Å²) in [6, 6.07) is 3.35. The highest BCUT2D eigenvalue weighted by Crippen LogP contribution is 2.25. The minimum atomic E-state index is -1.60. The maximum atomic E-state index is 11.1. The number of rotatable bonds is 3. The Kier molecular flexibility index (Phi) is 4.09. The van der Waals surface area contributed by atoms with Crippen LogP contribution in [0.5, 0.6) is 0 Å². The zero-order valence-corrected chi connectivity index (χ0v) is 10.1. The number of carbonyl (C=O) groups excluding carboxylic acids is 1. The van der Waals surface area contributed by atoms with Crippen LogP contribution in [0, 0.1) is 13.8 Å². The molecule has 94 valence electrons. The van der Waals surface area contributed by atoms with Gasteiger partial charge in [0, 0.05) is 5.69 Å². The molecule has 0 saturated carbocycles. The highest BCUT2D eigenvalue weighted by atomic mass is 16.5. The van der Waals surface area contributed by atoms with Crippen molar-refractivity contribution < 1.29 is 19.7 Å². The van der Waals surface area contributed by atoms with Crippen molar-refractivity contribution in [3.63, 3.8) is 0 Å². The van der Waals surface area contributed by atoms with Crippen molar-refractivity contribution in [3.05, 3.63) is 28.8 Å². The Hall–Kier alpha value is -1.59. The standard InChI is InChI=1S/C12H17NO4/c1-6-5-9(13)7(2)4-8(6)10(14)11(15)12(16)17-3/h4-5,10-11,14-15H,13H2,1-3H3. The Bertz CT molecular complexity index is 431. The number of benzene rings is 1. The van der Waals surface area contributed by atoms with E-state index in [0.717, 1.165) is 12.7 Å². The number of methoxy groups -OCH3 is 1. The number of nitrogen functional groups attached to an aromatic ring is 1. The Morgan fingerprint density at radius 2 is 1.88 bits per heavy atom. The molecule has 0 bridgehead atoms. The summed E-state index contributed by atoms with van der Waals surface area (Å²) in [5, 5.41) is 19.5. The average Bonchev–Trinajstić information content (AvgIpc) is 2.31. The van der Waals surface area contributed by atoms with Gasteiger partial charge in [0.05, 0.1) is 7.11 Å². The van der Waals surface area contributed by atoms with Crippen molar-refractivity contribution >= 4 is 11.7 Å². The monoisotopic (exact) mass is 239 g/mol. The molecule has 0 amide bonds. The maximum Gasteiger partial charge on any atom is 0.337 e. The lowest BCUT2D eigenvalue weighted by Gasteiger charge is -2.19. The molecular formula is C12H17NO4. The summed E-state index contributed by atoms with van der Waals surface area (Å²) in [4.78, 5) is 11.1. The van der Waals surface area contributed by atoms with Crippen molar-refractivity contribution in [1.29, 1.82) is 0 Å². The van der Waals surface area contributed by atoms with E-state index in [1.165, 1.54) is 0 Å². The van der Waals surface area contributed by atoms with Gasteiger partial charge in [-0.25, -0.2) is 4.79 Å². The summed E-state index contributed by atoms with van der Waals surface area (Å²) in [7, 11) is 1.15. The minimum absolute atomic E-state index is 0.467. The summed E-state index contributed by atoms with van der Waals surface area (Å²) in [5.74, 6) is -0.869. The number of aliphatic hydroxyl groups excluding tert-OH is 2. The van der Waals surface area contributed by atoms with E-state index in [1.807, 2.05) is 0 Å². The zero-order valence-electron chi connectivity index (χ0n) is 10.1. The number of carbonyl (C=O) groups is 1. The van der Waals surface area contributed by atoms with Crippen LogP contribution in [0.4, 0.5) is 5.69 Å². The fourth-order valence-electron chi connectivity index (χ4n) is 1.60. The normalized spacial score (nSPS) is 14.2. The topological polar surface area (TPSA) is 92.8 Å². The molecule has 0 aromatic heterocycles. The SMILES string of the molecule is COC(=O)C(O)C(O)c1cc(C)c(N)cc1C. The number of hydrogen-bond acceptors (Lipinski definition) is 5. The van der Waals surface area contributed by atoms with Gasteiger partial charge in [-0.05, 0) is 36.6 Å². The third kappa shape index (κ3) is 2.75. The van der Waals surface area contributed by atoms with Crippen LogP contribution >= 0.6 is 0 Å². The molecule has 5 nitrogen and oxygen atoms in total. The van der Waals surface area contributed by atoms with Gasteiger partial charge in [-0.3, -0.25) is 0 Å². The molecule has 5 heteroatoms. The molecule has 0 aliphatic heterocycles. The third-order valence-electron chi connectivity index (χ3n) is 2.72. The maximum absolute atomic E-state index is 11.1. The van der Waals surface area contributed by atoms with Crippen LogP contribution in [-0.2, 0) is 9.53 Å². The van der Waals surface area contributed by atoms with Gasteiger partial charge >= 0.3 is 5.97 Å². The number of aliphatic hydroxyl groups is 2. The predicted octanol–water partition coefficient (Wildman–Crippen LogP) is 0.453. The van der Waals surface area contributed by atoms with E-state index < -0.39 is 18.2 Å². The van der Waals surface area contributed by atoms with Gasteiger partial charge in [0.15, 0.2) is 6.10 Å². The summed E-state index contributed by atoms with van der Waals surface area (Å²) >= 11 is 0. The molecule has 0 radical (unpaired) electrons. The fraction of sp³-hybridized carbons (Fsp3) is 0.417. The van der Waals surface area contributed by atoms with Crippen molar-refractivity contribution in [2.45, 2.75) is 26.1 Å². The second-order valence-corrected chi connectivity index (χ2v) is 3.98. The Morgan fingerprint density at radius 1 is 1.29 bits per heavy atom. The summed E-state index contributed by atoms with van der Waals surface area (Å²) in [6.07, 6.45) is -2.91. The number of ether oxygens (including phenoxy) is 1. The molecule has 1 rings (SSSR count). The molecular weight excluding hydrogens is 222 g/mol. The van der Waals surface area contributed by atoms with Crippen LogP contribution in [-0.4, -0.2) is 29.4 Å². The van der Waals surface area contributed by atoms with Crippen molar-refractivity contribution in [2.75, 3.05) is 12.8 Å². The summed E-state index contributed by atoms with van der Waals surface area (Å²) in [5.41, 5.74) is 8.28. The molecule has 0 saturated heterocycles. The van der Waals surface area contributed by atoms with Gasteiger partial charge in [0.2, 0.25) is 0 Å². The first-order valence-corrected chi connectivity index (χ1v) is 5.19. The van der Waals surface area contributed by atoms with E-state index >= 15 is 0 Å². The van der Waals surface area contributed by atoms with Crippen molar-refractivity contribution in [2.24, 2.45) is 0 Å². The zero-order chi connectivity index (χ0) is 13.2. The van der Waals surface area contributed by atoms with Gasteiger partial charge in [-0.1, -0.05) is 6.07 Å². The number of esters is 1. The molecule has 0 heterocycles. The highest BCUT2D eigenvalue weighted by Gasteiger charge is 2.27. The molecule has 2 unspecified atom stereocenters. The van der Waals surface area contributed by atoms with E-state index in [-0.39, 0.29) is 0 Å². The Labute approximate surface area is 99.8 Å². The first-order valence-electron chi connectivity index (χ1n) is 5.19. The van der Waals surface area contributed by atoms with Crippen LogP contribution < -0.4 is 5.73 Å². The third-order valence-corrected chi connectivity index (χ3v) is 2.72. The van der Waals surface area contributed by atoms with Crippen LogP contribution in [0.25, 0.3) is 0 Å². The van der Waals surface area contributed by atoms with Crippen LogP contribution in [0.3, 0.4) is 0 Å². The van der Waals surface area contributed by atoms with Crippen LogP contribution in [0.1, 0.15) is 22.8 Å². The molecule has 17 heavy (non-hydrogen) atoms. The van der Waals surface area contributed by atoms with Gasteiger partial charge in [-0.15, -0.1) is 0 Å². The quantitative estimate of drug-likeness (QED) is 0.526. The molecule has 0 spiro atoms. The minimum Gasteiger partial charge on any atom is -0.467 e. The van der Waals surface area contributed by atoms with Crippen molar-refractivity contribution in [1.82, 2.24) is 0 Å². The van der Waals surface area contributed by atoms with E-state index in [0.29, 0.717) is 16.8 Å². The van der Waals surface area contributed by atoms with Crippen molar-refractivity contribution in [3.8, 4) is 0 Å². The van der Waals surface area contributed by atoms with Gasteiger partial charge in [-0.2, -0.15) is 0 Å². The van der Waals surface area contributed by atoms with E-state index in [2.05, 4.69) is 4.74 Å². The first-order chi connectivity index (χ1) is 7.88. The van der Waals surface area contributed by atoms with Gasteiger partial charge in [0.25, 0.3) is 0 Å². The van der Waals surface area contributed by atoms with E-state index in [9.17, 15) is 15.0 Å². The smallest absolute Gasteiger partial charge is 0.337 e. The summed E-state index contributed by atoms with van der Waals surface area (Å²) < 4.78 is 4.37. The predicted molar refractivity (Wildman–Crippen MR) is 63.3 cm³/mol. The molecule has 0 aliphatic carbocycles. The van der Waals surface area contributed by atoms with Gasteiger partial charge in [0.1, 0.15) is 6.10 Å². The lowest BCUT2D eigenvalue weighted by molar-refractivity contribution is -0.156. The molecule has 1 aromatic rings. The lowest BCUT2D eigenvalue weighted by atomic mass is 9.96. The number of hydrogen-bond donors (Lipinski definition) is 3. The second kappa shape index (κ2) is 5.16. The fourth-order valence-corrected chi connectivity index (χ4v) is 1.60. The lowest BCUT2D eigenvalue weighted by Crippen LogP contribution is -2.29. The van der Waals surface area contributed by atoms with Crippen LogP contribution in [0.15, 0.2) is 12.1 Å². The number of aryl methyl sites for hydroxylation is 2. The molecule has 1 aromatic carbocycles. The molecule has 4 N–H and O–H groups in total. The van der Waals surface area contributed by atoms with Gasteiger partial charge < -0.3 is 20.7 Å². The molecule has 0 aliphatic rings. The van der Waals surface area contributed by atoms with Crippen LogP contribution in [0.2, 0.25) is 0 Å². The average molecular weight is 239 g/mol. The Morgan fingerprint density at radius 3 is 2.41 bits per heavy atom. The molecule has 0 fully saturated rings. The van der Waals surface area contributed by atoms with E-state index in [1.54, 1.807) is 26.0 Å². The first kappa shape index (κ1) is 13.5. The molecule has 2 atom stereocenters. The highest BCUT2D eigenvalue weighted by molar-refractivity contribution is 5.75. The Balaban J connectivity index is 3.08. The largest absolute Gasteiger partial charge is 0.467 e. The number of anilines is 1. The van der Waals surface area contributed by atoms with E-state index in [4.69, 9.17) is 5.73 Å². The second-order valence-electron chi connectivity index (χ2n) is 3.98.